The molecule has 196 valence electrons. The maximum Gasteiger partial charge on any atom is 0.336 e. The van der Waals surface area contributed by atoms with E-state index in [1.807, 2.05) is 36.1 Å². The molecule has 1 unspecified atom stereocenters. The van der Waals surface area contributed by atoms with Gasteiger partial charge >= 0.3 is 5.63 Å². The van der Waals surface area contributed by atoms with Crippen molar-refractivity contribution in [2.24, 2.45) is 5.92 Å². The molecule has 0 radical (unpaired) electrons. The summed E-state index contributed by atoms with van der Waals surface area (Å²) in [6, 6.07) is 10.7. The van der Waals surface area contributed by atoms with Crippen molar-refractivity contribution in [1.29, 1.82) is 0 Å². The van der Waals surface area contributed by atoms with Crippen molar-refractivity contribution in [2.75, 3.05) is 27.4 Å². The molecule has 1 amide bonds. The van der Waals surface area contributed by atoms with Gasteiger partial charge in [-0.15, -0.1) is 0 Å². The van der Waals surface area contributed by atoms with Crippen molar-refractivity contribution in [1.82, 2.24) is 4.90 Å². The van der Waals surface area contributed by atoms with Crippen LogP contribution in [0, 0.1) is 12.8 Å². The summed E-state index contributed by atoms with van der Waals surface area (Å²) in [4.78, 5) is 27.3. The Morgan fingerprint density at radius 2 is 1.81 bits per heavy atom. The fourth-order valence-electron chi connectivity index (χ4n) is 5.85. The van der Waals surface area contributed by atoms with Gasteiger partial charge in [0.05, 0.1) is 20.3 Å². The lowest BCUT2D eigenvalue weighted by Gasteiger charge is -2.38. The maximum atomic E-state index is 13.5. The molecule has 0 bridgehead atoms. The van der Waals surface area contributed by atoms with E-state index in [4.69, 9.17) is 18.6 Å². The van der Waals surface area contributed by atoms with Crippen LogP contribution in [0.25, 0.3) is 11.0 Å². The van der Waals surface area contributed by atoms with Gasteiger partial charge in [-0.05, 0) is 66.6 Å². The van der Waals surface area contributed by atoms with Crippen LogP contribution in [0.3, 0.4) is 0 Å². The third-order valence-electron chi connectivity index (χ3n) is 7.89. The zero-order chi connectivity index (χ0) is 25.9. The largest absolute Gasteiger partial charge is 0.493 e. The van der Waals surface area contributed by atoms with Gasteiger partial charge in [0.1, 0.15) is 17.9 Å². The predicted octanol–water partition coefficient (Wildman–Crippen LogP) is 5.59. The Hall–Kier alpha value is -3.48. The molecule has 7 heteroatoms. The van der Waals surface area contributed by atoms with Crippen molar-refractivity contribution < 1.29 is 23.4 Å². The minimum atomic E-state index is -0.386. The summed E-state index contributed by atoms with van der Waals surface area (Å²) in [5.41, 5.74) is 3.11. The fraction of sp³-hybridized carbons (Fsp3) is 0.467. The SMILES string of the molecule is COc1cc2c(cc1OC)C(COc1ccc3c(C)cc(=O)oc3c1)N(C(=O)CCC1CCCC1)CC2. The second kappa shape index (κ2) is 10.9. The van der Waals surface area contributed by atoms with Gasteiger partial charge in [0.2, 0.25) is 5.91 Å². The highest BCUT2D eigenvalue weighted by Gasteiger charge is 2.33. The lowest BCUT2D eigenvalue weighted by Crippen LogP contribution is -2.42. The third kappa shape index (κ3) is 5.31. The second-order valence-electron chi connectivity index (χ2n) is 10.2. The van der Waals surface area contributed by atoms with E-state index in [2.05, 4.69) is 0 Å². The highest BCUT2D eigenvalue weighted by molar-refractivity contribution is 5.81. The average molecular weight is 506 g/mol. The molecule has 7 nitrogen and oxygen atoms in total. The predicted molar refractivity (Wildman–Crippen MR) is 142 cm³/mol. The number of fused-ring (bicyclic) bond motifs is 2. The Kier molecular flexibility index (Phi) is 7.40. The number of aryl methyl sites for hydroxylation is 1. The molecule has 1 atom stereocenters. The van der Waals surface area contributed by atoms with E-state index >= 15 is 0 Å². The van der Waals surface area contributed by atoms with Crippen molar-refractivity contribution in [3.05, 3.63) is 63.5 Å². The van der Waals surface area contributed by atoms with Gasteiger partial charge in [-0.2, -0.15) is 0 Å². The van der Waals surface area contributed by atoms with Crippen LogP contribution < -0.4 is 19.8 Å². The first-order chi connectivity index (χ1) is 18.0. The standard InChI is InChI=1S/C30H35NO6/c1-19-14-30(33)37-26-16-22(9-10-23(19)26)36-18-25-24-17-28(35-3)27(34-2)15-21(24)12-13-31(25)29(32)11-8-20-6-4-5-7-20/h9-10,14-17,20,25H,4-8,11-13,18H2,1-3H3. The van der Waals surface area contributed by atoms with Crippen LogP contribution in [-0.4, -0.2) is 38.2 Å². The molecular formula is C30H35NO6. The molecule has 0 N–H and O–H groups in total. The van der Waals surface area contributed by atoms with E-state index < -0.39 is 0 Å². The van der Waals surface area contributed by atoms with Crippen molar-refractivity contribution >= 4 is 16.9 Å². The number of hydrogen-bond donors (Lipinski definition) is 0. The summed E-state index contributed by atoms with van der Waals surface area (Å²) < 4.78 is 22.8. The molecule has 37 heavy (non-hydrogen) atoms. The van der Waals surface area contributed by atoms with E-state index in [0.29, 0.717) is 41.7 Å². The van der Waals surface area contributed by atoms with E-state index in [0.717, 1.165) is 34.9 Å². The molecule has 3 aromatic rings. The number of hydrogen-bond acceptors (Lipinski definition) is 6. The van der Waals surface area contributed by atoms with Gasteiger partial charge in [-0.1, -0.05) is 25.7 Å². The molecule has 2 heterocycles. The molecule has 1 aromatic heterocycles. The summed E-state index contributed by atoms with van der Waals surface area (Å²) in [7, 11) is 3.25. The zero-order valence-electron chi connectivity index (χ0n) is 21.9. The van der Waals surface area contributed by atoms with E-state index in [9.17, 15) is 9.59 Å². The maximum absolute atomic E-state index is 13.5. The van der Waals surface area contributed by atoms with Crippen LogP contribution in [0.4, 0.5) is 0 Å². The normalized spacial score (nSPS) is 17.6. The third-order valence-corrected chi connectivity index (χ3v) is 7.89. The first-order valence-electron chi connectivity index (χ1n) is 13.2. The number of ether oxygens (including phenoxy) is 3. The molecule has 0 spiro atoms. The highest BCUT2D eigenvalue weighted by atomic mass is 16.5. The second-order valence-corrected chi connectivity index (χ2v) is 10.2. The zero-order valence-corrected chi connectivity index (χ0v) is 21.9. The molecule has 1 saturated carbocycles. The number of methoxy groups -OCH3 is 2. The summed E-state index contributed by atoms with van der Waals surface area (Å²) in [6.45, 7) is 2.79. The van der Waals surface area contributed by atoms with Crippen molar-refractivity contribution in [3.8, 4) is 17.2 Å². The number of nitrogens with zero attached hydrogens (tertiary/aromatic N) is 1. The van der Waals surface area contributed by atoms with Crippen molar-refractivity contribution in [2.45, 2.75) is 57.9 Å². The van der Waals surface area contributed by atoms with Gasteiger partial charge in [0.15, 0.2) is 11.5 Å². The minimum absolute atomic E-state index is 0.168. The summed E-state index contributed by atoms with van der Waals surface area (Å²) in [5, 5.41) is 0.871. The van der Waals surface area contributed by atoms with E-state index in [-0.39, 0.29) is 24.2 Å². The van der Waals surface area contributed by atoms with E-state index in [1.54, 1.807) is 20.3 Å². The van der Waals surface area contributed by atoms with E-state index in [1.165, 1.54) is 31.7 Å². The highest BCUT2D eigenvalue weighted by Crippen LogP contribution is 2.39. The van der Waals surface area contributed by atoms with Crippen LogP contribution in [0.15, 0.2) is 45.6 Å². The van der Waals surface area contributed by atoms with Crippen LogP contribution >= 0.6 is 0 Å². The molecular weight excluding hydrogens is 470 g/mol. The quantitative estimate of drug-likeness (QED) is 0.371. The average Bonchev–Trinajstić information content (AvgIpc) is 3.42. The minimum Gasteiger partial charge on any atom is -0.493 e. The van der Waals surface area contributed by atoms with Crippen LogP contribution in [0.5, 0.6) is 17.2 Å². The summed E-state index contributed by atoms with van der Waals surface area (Å²) in [6.07, 6.45) is 7.28. The smallest absolute Gasteiger partial charge is 0.336 e. The number of amides is 1. The first kappa shape index (κ1) is 25.2. The summed E-state index contributed by atoms with van der Waals surface area (Å²) >= 11 is 0. The van der Waals surface area contributed by atoms with Gasteiger partial charge in [-0.25, -0.2) is 4.79 Å². The Morgan fingerprint density at radius 1 is 1.05 bits per heavy atom. The first-order valence-corrected chi connectivity index (χ1v) is 13.2. The van der Waals surface area contributed by atoms with Crippen LogP contribution in [0.1, 0.15) is 61.3 Å². The lowest BCUT2D eigenvalue weighted by molar-refractivity contribution is -0.135. The number of rotatable bonds is 8. The van der Waals surface area contributed by atoms with Gasteiger partial charge in [0.25, 0.3) is 0 Å². The summed E-state index contributed by atoms with van der Waals surface area (Å²) in [5.74, 6) is 2.74. The molecule has 5 rings (SSSR count). The monoisotopic (exact) mass is 505 g/mol. The van der Waals surface area contributed by atoms with Gasteiger partial charge < -0.3 is 23.5 Å². The molecule has 2 aliphatic rings. The van der Waals surface area contributed by atoms with Crippen LogP contribution in [-0.2, 0) is 11.2 Å². The molecule has 1 aliphatic carbocycles. The Balaban J connectivity index is 1.42. The molecule has 1 fully saturated rings. The van der Waals surface area contributed by atoms with Gasteiger partial charge in [-0.3, -0.25) is 4.79 Å². The molecule has 1 aliphatic heterocycles. The number of benzene rings is 2. The lowest BCUT2D eigenvalue weighted by atomic mass is 9.91. The Morgan fingerprint density at radius 3 is 2.57 bits per heavy atom. The number of carbonyl (C=O) groups excluding carboxylic acids is 1. The fourth-order valence-corrected chi connectivity index (χ4v) is 5.85. The topological polar surface area (TPSA) is 78.2 Å². The number of carbonyl (C=O) groups is 1. The molecule has 2 aromatic carbocycles. The van der Waals surface area contributed by atoms with Crippen LogP contribution in [0.2, 0.25) is 0 Å². The van der Waals surface area contributed by atoms with Crippen molar-refractivity contribution in [3.63, 3.8) is 0 Å². The Labute approximate surface area is 217 Å². The molecule has 0 saturated heterocycles. The van der Waals surface area contributed by atoms with Gasteiger partial charge in [0, 0.05) is 30.5 Å². The Bertz CT molecular complexity index is 1340.